The second kappa shape index (κ2) is 14.6. The quantitative estimate of drug-likeness (QED) is 0.459. The monoisotopic (exact) mass is 447 g/mol. The minimum Gasteiger partial charge on any atom is -0.374 e. The first-order chi connectivity index (χ1) is 15.5. The zero-order valence-corrected chi connectivity index (χ0v) is 19.1. The molecule has 1 heterocycles. The number of carbonyl (C=O) groups is 3. The highest BCUT2D eigenvalue weighted by Gasteiger charge is 2.29. The van der Waals surface area contributed by atoms with Gasteiger partial charge in [-0.1, -0.05) is 68.9 Å². The van der Waals surface area contributed by atoms with Gasteiger partial charge in [-0.25, -0.2) is 5.48 Å². The van der Waals surface area contributed by atoms with E-state index in [1.807, 2.05) is 30.3 Å². The molecule has 0 radical (unpaired) electrons. The SMILES string of the molecule is CN1CCCCCCCCC[C@H](CC(=O)NO)C(=O)N[C@@H](COCc2ccccc2)C1=O. The first-order valence-corrected chi connectivity index (χ1v) is 11.6. The van der Waals surface area contributed by atoms with Crippen molar-refractivity contribution < 1.29 is 24.3 Å². The smallest absolute Gasteiger partial charge is 0.247 e. The second-order valence-corrected chi connectivity index (χ2v) is 8.52. The van der Waals surface area contributed by atoms with Gasteiger partial charge in [0.25, 0.3) is 0 Å². The molecule has 0 bridgehead atoms. The molecule has 2 atom stereocenters. The molecule has 1 aliphatic rings. The van der Waals surface area contributed by atoms with Crippen LogP contribution in [-0.2, 0) is 25.7 Å². The van der Waals surface area contributed by atoms with Gasteiger partial charge >= 0.3 is 0 Å². The summed E-state index contributed by atoms with van der Waals surface area (Å²) >= 11 is 0. The molecule has 178 valence electrons. The molecule has 1 aliphatic heterocycles. The molecule has 8 nitrogen and oxygen atoms in total. The normalized spacial score (nSPS) is 21.9. The molecule has 0 aromatic heterocycles. The van der Waals surface area contributed by atoms with E-state index in [-0.39, 0.29) is 24.8 Å². The minimum atomic E-state index is -0.832. The van der Waals surface area contributed by atoms with Gasteiger partial charge in [-0.2, -0.15) is 0 Å². The van der Waals surface area contributed by atoms with Gasteiger partial charge in [0.2, 0.25) is 17.7 Å². The number of hydrogen-bond donors (Lipinski definition) is 3. The third-order valence-corrected chi connectivity index (χ3v) is 5.86. The lowest BCUT2D eigenvalue weighted by Crippen LogP contribution is -2.51. The lowest BCUT2D eigenvalue weighted by atomic mass is 9.95. The minimum absolute atomic E-state index is 0.0444. The average Bonchev–Trinajstić information content (AvgIpc) is 2.81. The van der Waals surface area contributed by atoms with Crippen LogP contribution in [0.25, 0.3) is 0 Å². The Morgan fingerprint density at radius 1 is 1.09 bits per heavy atom. The van der Waals surface area contributed by atoms with Gasteiger partial charge in [0, 0.05) is 25.9 Å². The fraction of sp³-hybridized carbons (Fsp3) is 0.625. The zero-order chi connectivity index (χ0) is 23.2. The van der Waals surface area contributed by atoms with Gasteiger partial charge in [-0.05, 0) is 18.4 Å². The summed E-state index contributed by atoms with van der Waals surface area (Å²) in [5.41, 5.74) is 2.59. The van der Waals surface area contributed by atoms with Crippen LogP contribution in [0.4, 0.5) is 0 Å². The molecule has 3 amide bonds. The number of likely N-dealkylation sites (N-methyl/N-ethyl adjacent to an activating group) is 1. The topological polar surface area (TPSA) is 108 Å². The van der Waals surface area contributed by atoms with Crippen LogP contribution in [0.3, 0.4) is 0 Å². The van der Waals surface area contributed by atoms with Crippen molar-refractivity contribution in [3.63, 3.8) is 0 Å². The van der Waals surface area contributed by atoms with Gasteiger partial charge in [0.05, 0.1) is 13.2 Å². The van der Waals surface area contributed by atoms with E-state index in [4.69, 9.17) is 9.94 Å². The van der Waals surface area contributed by atoms with Crippen molar-refractivity contribution in [2.75, 3.05) is 20.2 Å². The number of hydroxylamine groups is 1. The van der Waals surface area contributed by atoms with Crippen molar-refractivity contribution in [3.05, 3.63) is 35.9 Å². The molecular weight excluding hydrogens is 410 g/mol. The molecular formula is C24H37N3O5. The Balaban J connectivity index is 2.09. The van der Waals surface area contributed by atoms with Gasteiger partial charge in [-0.3, -0.25) is 19.6 Å². The lowest BCUT2D eigenvalue weighted by Gasteiger charge is -2.26. The van der Waals surface area contributed by atoms with Crippen molar-refractivity contribution in [3.8, 4) is 0 Å². The molecule has 0 saturated carbocycles. The van der Waals surface area contributed by atoms with E-state index in [2.05, 4.69) is 5.32 Å². The molecule has 3 N–H and O–H groups in total. The molecule has 1 aromatic carbocycles. The Labute approximate surface area is 190 Å². The van der Waals surface area contributed by atoms with E-state index in [9.17, 15) is 14.4 Å². The summed E-state index contributed by atoms with van der Waals surface area (Å²) in [5, 5.41) is 11.7. The Morgan fingerprint density at radius 3 is 2.44 bits per heavy atom. The second-order valence-electron chi connectivity index (χ2n) is 8.52. The van der Waals surface area contributed by atoms with Crippen LogP contribution in [0.15, 0.2) is 30.3 Å². The number of ether oxygens (including phenoxy) is 1. The summed E-state index contributed by atoms with van der Waals surface area (Å²) < 4.78 is 5.77. The van der Waals surface area contributed by atoms with Crippen molar-refractivity contribution in [2.24, 2.45) is 5.92 Å². The van der Waals surface area contributed by atoms with Crippen LogP contribution in [0, 0.1) is 5.92 Å². The molecule has 8 heteroatoms. The Kier molecular flexibility index (Phi) is 11.8. The molecule has 1 fully saturated rings. The Morgan fingerprint density at radius 2 is 1.75 bits per heavy atom. The van der Waals surface area contributed by atoms with E-state index < -0.39 is 17.9 Å². The fourth-order valence-corrected chi connectivity index (χ4v) is 3.93. The predicted octanol–water partition coefficient (Wildman–Crippen LogP) is 2.79. The van der Waals surface area contributed by atoms with E-state index in [0.29, 0.717) is 19.6 Å². The number of rotatable bonds is 6. The van der Waals surface area contributed by atoms with Gasteiger partial charge < -0.3 is 15.0 Å². The fourth-order valence-electron chi connectivity index (χ4n) is 3.93. The first-order valence-electron chi connectivity index (χ1n) is 11.6. The molecule has 0 aliphatic carbocycles. The largest absolute Gasteiger partial charge is 0.374 e. The molecule has 0 unspecified atom stereocenters. The van der Waals surface area contributed by atoms with Crippen LogP contribution < -0.4 is 10.8 Å². The number of nitrogens with zero attached hydrogens (tertiary/aromatic N) is 1. The third-order valence-electron chi connectivity index (χ3n) is 5.86. The summed E-state index contributed by atoms with van der Waals surface area (Å²) in [6, 6.07) is 8.80. The first kappa shape index (κ1) is 25.8. The van der Waals surface area contributed by atoms with Crippen molar-refractivity contribution >= 4 is 17.7 Å². The van der Waals surface area contributed by atoms with E-state index in [1.54, 1.807) is 17.4 Å². The number of hydrogen-bond acceptors (Lipinski definition) is 5. The average molecular weight is 448 g/mol. The molecule has 32 heavy (non-hydrogen) atoms. The van der Waals surface area contributed by atoms with Crippen molar-refractivity contribution in [2.45, 2.75) is 70.4 Å². The number of carbonyl (C=O) groups excluding carboxylic acids is 3. The molecule has 0 spiro atoms. The maximum absolute atomic E-state index is 13.1. The number of nitrogens with one attached hydrogen (secondary N) is 2. The van der Waals surface area contributed by atoms with Crippen LogP contribution in [-0.4, -0.2) is 54.1 Å². The highest BCUT2D eigenvalue weighted by molar-refractivity contribution is 5.90. The number of benzene rings is 1. The van der Waals surface area contributed by atoms with E-state index >= 15 is 0 Å². The van der Waals surface area contributed by atoms with Crippen LogP contribution in [0.2, 0.25) is 0 Å². The standard InChI is InChI=1S/C24H37N3O5/c1-27-15-11-6-4-2-3-5-10-14-20(16-22(28)26-31)23(29)25-21(24(27)30)18-32-17-19-12-8-7-9-13-19/h7-9,12-13,20-21,31H,2-6,10-11,14-18H2,1H3,(H,25,29)(H,26,28)/t20-,21+/m1/s1. The van der Waals surface area contributed by atoms with E-state index in [1.165, 1.54) is 0 Å². The third kappa shape index (κ3) is 9.36. The van der Waals surface area contributed by atoms with Crippen LogP contribution in [0.1, 0.15) is 63.4 Å². The van der Waals surface area contributed by atoms with Crippen LogP contribution in [0.5, 0.6) is 0 Å². The Bertz CT molecular complexity index is 713. The van der Waals surface area contributed by atoms with Crippen molar-refractivity contribution in [1.82, 2.24) is 15.7 Å². The summed E-state index contributed by atoms with van der Waals surface area (Å²) in [5.74, 6) is -1.78. The van der Waals surface area contributed by atoms with E-state index in [0.717, 1.165) is 50.5 Å². The predicted molar refractivity (Wildman–Crippen MR) is 121 cm³/mol. The van der Waals surface area contributed by atoms with Gasteiger partial charge in [0.1, 0.15) is 6.04 Å². The van der Waals surface area contributed by atoms with Gasteiger partial charge in [0.15, 0.2) is 0 Å². The van der Waals surface area contributed by atoms with Gasteiger partial charge in [-0.15, -0.1) is 0 Å². The summed E-state index contributed by atoms with van der Waals surface area (Å²) in [6.07, 6.45) is 7.55. The van der Waals surface area contributed by atoms with Crippen molar-refractivity contribution in [1.29, 1.82) is 0 Å². The lowest BCUT2D eigenvalue weighted by molar-refractivity contribution is -0.140. The highest BCUT2D eigenvalue weighted by atomic mass is 16.5. The maximum atomic E-state index is 13.1. The summed E-state index contributed by atoms with van der Waals surface area (Å²) in [7, 11) is 1.74. The zero-order valence-electron chi connectivity index (χ0n) is 19.1. The Hall–Kier alpha value is -2.45. The maximum Gasteiger partial charge on any atom is 0.247 e. The van der Waals surface area contributed by atoms with Crippen LogP contribution >= 0.6 is 0 Å². The molecule has 1 aromatic rings. The molecule has 1 saturated heterocycles. The highest BCUT2D eigenvalue weighted by Crippen LogP contribution is 2.17. The molecule has 2 rings (SSSR count). The number of amides is 3. The summed E-state index contributed by atoms with van der Waals surface area (Å²) in [4.78, 5) is 39.4. The summed E-state index contributed by atoms with van der Waals surface area (Å²) in [6.45, 7) is 1.00.